The van der Waals surface area contributed by atoms with Crippen LogP contribution in [0.5, 0.6) is 0 Å². The highest BCUT2D eigenvalue weighted by Crippen LogP contribution is 2.10. The summed E-state index contributed by atoms with van der Waals surface area (Å²) in [4.78, 5) is 16.3. The molecular weight excluding hydrogens is 494 g/mol. The van der Waals surface area contributed by atoms with Crippen LogP contribution >= 0.6 is 24.0 Å². The van der Waals surface area contributed by atoms with Crippen LogP contribution in [-0.4, -0.2) is 32.0 Å². The van der Waals surface area contributed by atoms with Gasteiger partial charge in [0.15, 0.2) is 5.96 Å². The summed E-state index contributed by atoms with van der Waals surface area (Å²) in [6.07, 6.45) is 2.83. The van der Waals surface area contributed by atoms with Crippen LogP contribution in [0.25, 0.3) is 0 Å². The van der Waals surface area contributed by atoms with Crippen molar-refractivity contribution in [3.05, 3.63) is 70.5 Å². The highest BCUT2D eigenvalue weighted by atomic mass is 127. The van der Waals surface area contributed by atoms with Gasteiger partial charge in [0.25, 0.3) is 5.91 Å². The first-order chi connectivity index (χ1) is 14.0. The first kappa shape index (κ1) is 25.9. The predicted molar refractivity (Wildman–Crippen MR) is 132 cm³/mol. The smallest absolute Gasteiger partial charge is 0.251 e. The van der Waals surface area contributed by atoms with Gasteiger partial charge in [0.2, 0.25) is 0 Å². The molecular formula is C23H32FIN4O. The topological polar surface area (TPSA) is 65.5 Å². The van der Waals surface area contributed by atoms with Gasteiger partial charge < -0.3 is 16.0 Å². The minimum Gasteiger partial charge on any atom is -0.356 e. The SMILES string of the molecule is CCCCNC(=O)c1ccc(CNC(=NC)NCCc2ccc(F)cc2C)cc1.I. The van der Waals surface area contributed by atoms with Crippen LogP contribution in [0.4, 0.5) is 4.39 Å². The fraction of sp³-hybridized carbons (Fsp3) is 0.391. The molecule has 2 aromatic rings. The van der Waals surface area contributed by atoms with Gasteiger partial charge in [0.05, 0.1) is 0 Å². The Morgan fingerprint density at radius 1 is 1.03 bits per heavy atom. The van der Waals surface area contributed by atoms with Gasteiger partial charge in [-0.1, -0.05) is 31.5 Å². The van der Waals surface area contributed by atoms with E-state index in [2.05, 4.69) is 27.9 Å². The molecule has 0 aliphatic carbocycles. The molecule has 0 bridgehead atoms. The average molecular weight is 526 g/mol. The van der Waals surface area contributed by atoms with E-state index >= 15 is 0 Å². The Morgan fingerprint density at radius 2 is 1.77 bits per heavy atom. The maximum atomic E-state index is 13.2. The Labute approximate surface area is 196 Å². The Bertz CT molecular complexity index is 824. The van der Waals surface area contributed by atoms with Crippen molar-refractivity contribution in [1.82, 2.24) is 16.0 Å². The third-order valence-electron chi connectivity index (χ3n) is 4.71. The van der Waals surface area contributed by atoms with E-state index in [-0.39, 0.29) is 35.7 Å². The number of nitrogens with zero attached hydrogens (tertiary/aromatic N) is 1. The number of carbonyl (C=O) groups excluding carboxylic acids is 1. The number of nitrogens with one attached hydrogen (secondary N) is 3. The van der Waals surface area contributed by atoms with Crippen molar-refractivity contribution in [2.45, 2.75) is 39.7 Å². The molecule has 0 aromatic heterocycles. The van der Waals surface area contributed by atoms with Crippen LogP contribution in [-0.2, 0) is 13.0 Å². The monoisotopic (exact) mass is 526 g/mol. The van der Waals surface area contributed by atoms with Crippen LogP contribution in [0.2, 0.25) is 0 Å². The molecule has 164 valence electrons. The second-order valence-electron chi connectivity index (χ2n) is 6.98. The van der Waals surface area contributed by atoms with E-state index in [9.17, 15) is 9.18 Å². The number of aryl methyl sites for hydroxylation is 1. The summed E-state index contributed by atoms with van der Waals surface area (Å²) in [5, 5.41) is 9.45. The predicted octanol–water partition coefficient (Wildman–Crippen LogP) is 4.19. The van der Waals surface area contributed by atoms with Gasteiger partial charge in [0, 0.05) is 32.2 Å². The van der Waals surface area contributed by atoms with E-state index in [1.54, 1.807) is 13.1 Å². The summed E-state index contributed by atoms with van der Waals surface area (Å²) in [5.41, 5.74) is 3.80. The minimum absolute atomic E-state index is 0. The lowest BCUT2D eigenvalue weighted by atomic mass is 10.1. The molecule has 3 N–H and O–H groups in total. The molecule has 0 spiro atoms. The van der Waals surface area contributed by atoms with Crippen LogP contribution < -0.4 is 16.0 Å². The third kappa shape index (κ3) is 8.69. The highest BCUT2D eigenvalue weighted by Gasteiger charge is 2.05. The van der Waals surface area contributed by atoms with E-state index in [1.165, 1.54) is 6.07 Å². The summed E-state index contributed by atoms with van der Waals surface area (Å²) in [6, 6.07) is 12.4. The molecule has 7 heteroatoms. The van der Waals surface area contributed by atoms with E-state index < -0.39 is 0 Å². The van der Waals surface area contributed by atoms with Crippen molar-refractivity contribution < 1.29 is 9.18 Å². The normalized spacial score (nSPS) is 10.9. The average Bonchev–Trinajstić information content (AvgIpc) is 2.72. The number of hydrogen-bond acceptors (Lipinski definition) is 2. The molecule has 0 aliphatic rings. The number of unbranched alkanes of at least 4 members (excludes halogenated alkanes) is 1. The Hall–Kier alpha value is -2.16. The summed E-state index contributed by atoms with van der Waals surface area (Å²) >= 11 is 0. The molecule has 30 heavy (non-hydrogen) atoms. The zero-order valence-corrected chi connectivity index (χ0v) is 20.3. The third-order valence-corrected chi connectivity index (χ3v) is 4.71. The standard InChI is InChI=1S/C23H31FN4O.HI/c1-4-5-13-26-22(29)20-8-6-18(7-9-20)16-28-23(25-3)27-14-12-19-10-11-21(24)15-17(19)2;/h6-11,15H,4-5,12-14,16H2,1-3H3,(H,26,29)(H2,25,27,28);1H. The zero-order valence-electron chi connectivity index (χ0n) is 17.9. The van der Waals surface area contributed by atoms with Gasteiger partial charge in [-0.2, -0.15) is 0 Å². The first-order valence-corrected chi connectivity index (χ1v) is 10.1. The van der Waals surface area contributed by atoms with Gasteiger partial charge in [-0.3, -0.25) is 9.79 Å². The summed E-state index contributed by atoms with van der Waals surface area (Å²) < 4.78 is 13.2. The molecule has 0 aliphatic heterocycles. The fourth-order valence-electron chi connectivity index (χ4n) is 2.92. The van der Waals surface area contributed by atoms with Gasteiger partial charge in [-0.25, -0.2) is 4.39 Å². The quantitative estimate of drug-likeness (QED) is 0.199. The molecule has 2 aromatic carbocycles. The van der Waals surface area contributed by atoms with E-state index in [4.69, 9.17) is 0 Å². The largest absolute Gasteiger partial charge is 0.356 e. The zero-order chi connectivity index (χ0) is 21.1. The van der Waals surface area contributed by atoms with Crippen LogP contribution in [0.1, 0.15) is 46.8 Å². The van der Waals surface area contributed by atoms with Gasteiger partial charge >= 0.3 is 0 Å². The summed E-state index contributed by atoms with van der Waals surface area (Å²) in [5.74, 6) is 0.457. The first-order valence-electron chi connectivity index (χ1n) is 10.1. The lowest BCUT2D eigenvalue weighted by Crippen LogP contribution is -2.37. The van der Waals surface area contributed by atoms with Gasteiger partial charge in [-0.05, 0) is 60.7 Å². The number of amides is 1. The highest BCUT2D eigenvalue weighted by molar-refractivity contribution is 14.0. The van der Waals surface area contributed by atoms with Crippen molar-refractivity contribution in [2.24, 2.45) is 4.99 Å². The number of rotatable bonds is 9. The maximum absolute atomic E-state index is 13.2. The molecule has 5 nitrogen and oxygen atoms in total. The Kier molecular flexibility index (Phi) is 12.0. The van der Waals surface area contributed by atoms with E-state index in [1.807, 2.05) is 37.3 Å². The Balaban J connectivity index is 0.00000450. The van der Waals surface area contributed by atoms with Crippen molar-refractivity contribution in [3.8, 4) is 0 Å². The van der Waals surface area contributed by atoms with Crippen LogP contribution in [0, 0.1) is 12.7 Å². The minimum atomic E-state index is -0.207. The number of halogens is 2. The molecule has 0 radical (unpaired) electrons. The summed E-state index contributed by atoms with van der Waals surface area (Å²) in [7, 11) is 1.72. The van der Waals surface area contributed by atoms with Gasteiger partial charge in [-0.15, -0.1) is 24.0 Å². The molecule has 0 heterocycles. The van der Waals surface area contributed by atoms with Crippen LogP contribution in [0.15, 0.2) is 47.5 Å². The Morgan fingerprint density at radius 3 is 2.40 bits per heavy atom. The molecule has 2 rings (SSSR count). The number of guanidine groups is 1. The molecule has 0 fully saturated rings. The van der Waals surface area contributed by atoms with Crippen molar-refractivity contribution in [2.75, 3.05) is 20.1 Å². The van der Waals surface area contributed by atoms with Crippen LogP contribution in [0.3, 0.4) is 0 Å². The lowest BCUT2D eigenvalue weighted by molar-refractivity contribution is 0.0953. The number of carbonyl (C=O) groups is 1. The van der Waals surface area contributed by atoms with Gasteiger partial charge in [0.1, 0.15) is 5.82 Å². The number of hydrogen-bond donors (Lipinski definition) is 3. The van der Waals surface area contributed by atoms with E-state index in [0.29, 0.717) is 31.2 Å². The molecule has 0 saturated carbocycles. The summed E-state index contributed by atoms with van der Waals surface area (Å²) in [6.45, 7) is 6.02. The second kappa shape index (κ2) is 14.0. The number of benzene rings is 2. The van der Waals surface area contributed by atoms with Crippen molar-refractivity contribution in [3.63, 3.8) is 0 Å². The fourth-order valence-corrected chi connectivity index (χ4v) is 2.92. The van der Waals surface area contributed by atoms with Crippen molar-refractivity contribution >= 4 is 35.8 Å². The lowest BCUT2D eigenvalue weighted by Gasteiger charge is -2.13. The number of aliphatic imine (C=N–C) groups is 1. The molecule has 1 amide bonds. The molecule has 0 atom stereocenters. The van der Waals surface area contributed by atoms with E-state index in [0.717, 1.165) is 36.0 Å². The second-order valence-corrected chi connectivity index (χ2v) is 6.98. The molecule has 0 unspecified atom stereocenters. The van der Waals surface area contributed by atoms with Crippen molar-refractivity contribution in [1.29, 1.82) is 0 Å². The maximum Gasteiger partial charge on any atom is 0.251 e. The molecule has 0 saturated heterocycles.